The van der Waals surface area contributed by atoms with Gasteiger partial charge in [0, 0.05) is 37.2 Å². The highest BCUT2D eigenvalue weighted by Crippen LogP contribution is 2.28. The molecule has 0 aromatic carbocycles. The lowest BCUT2D eigenvalue weighted by Crippen LogP contribution is -2.47. The van der Waals surface area contributed by atoms with Crippen molar-refractivity contribution >= 4 is 16.0 Å². The number of nitrogens with one attached hydrogen (secondary N) is 1. The third-order valence-corrected chi connectivity index (χ3v) is 6.30. The summed E-state index contributed by atoms with van der Waals surface area (Å²) in [4.78, 5) is 10.8. The van der Waals surface area contributed by atoms with Crippen molar-refractivity contribution in [3.05, 3.63) is 35.9 Å². The summed E-state index contributed by atoms with van der Waals surface area (Å²) < 4.78 is 34.7. The lowest BCUT2D eigenvalue weighted by molar-refractivity contribution is 0.00601. The Morgan fingerprint density at radius 1 is 1.21 bits per heavy atom. The topological polar surface area (TPSA) is 102 Å². The van der Waals surface area contributed by atoms with Gasteiger partial charge in [0.2, 0.25) is 16.0 Å². The van der Waals surface area contributed by atoms with Gasteiger partial charge in [-0.05, 0) is 44.7 Å². The van der Waals surface area contributed by atoms with E-state index in [0.717, 1.165) is 56.1 Å². The maximum absolute atomic E-state index is 11.8. The normalized spacial score (nSPS) is 23.2. The Bertz CT molecular complexity index is 925. The standard InChI is InChI=1S/C19H28N6O3S/c1-14-12-15-4-5-17(23-29(2,26)27)18(25(15)22-14)13-28-16-6-10-24(11-7-16)19-20-8-3-9-21-19/h3,8-9,12,16-18,23H,4-7,10-11,13H2,1-2H3. The summed E-state index contributed by atoms with van der Waals surface area (Å²) in [6, 6.07) is 3.53. The Balaban J connectivity index is 1.39. The highest BCUT2D eigenvalue weighted by Gasteiger charge is 2.33. The van der Waals surface area contributed by atoms with Crippen LogP contribution < -0.4 is 9.62 Å². The third-order valence-electron chi connectivity index (χ3n) is 5.57. The minimum Gasteiger partial charge on any atom is -0.376 e. The third kappa shape index (κ3) is 4.93. The number of rotatable bonds is 6. The molecule has 1 fully saturated rings. The molecule has 2 aliphatic heterocycles. The fraction of sp³-hybridized carbons (Fsp3) is 0.632. The van der Waals surface area contributed by atoms with Crippen molar-refractivity contribution in [2.24, 2.45) is 0 Å². The van der Waals surface area contributed by atoms with E-state index in [0.29, 0.717) is 6.61 Å². The van der Waals surface area contributed by atoms with Crippen molar-refractivity contribution in [3.63, 3.8) is 0 Å². The van der Waals surface area contributed by atoms with Gasteiger partial charge in [-0.25, -0.2) is 23.1 Å². The molecule has 0 aliphatic carbocycles. The van der Waals surface area contributed by atoms with Crippen molar-refractivity contribution in [2.45, 2.75) is 50.8 Å². The van der Waals surface area contributed by atoms with Gasteiger partial charge in [-0.2, -0.15) is 5.10 Å². The molecule has 1 saturated heterocycles. The molecule has 0 saturated carbocycles. The second kappa shape index (κ2) is 8.37. The predicted octanol–water partition coefficient (Wildman–Crippen LogP) is 1.07. The molecule has 9 nitrogen and oxygen atoms in total. The van der Waals surface area contributed by atoms with Gasteiger partial charge in [0.15, 0.2) is 0 Å². The second-order valence-corrected chi connectivity index (χ2v) is 9.67. The van der Waals surface area contributed by atoms with Gasteiger partial charge in [0.25, 0.3) is 0 Å². The maximum Gasteiger partial charge on any atom is 0.225 e. The van der Waals surface area contributed by atoms with Crippen LogP contribution in [0.1, 0.15) is 36.7 Å². The Morgan fingerprint density at radius 3 is 2.62 bits per heavy atom. The highest BCUT2D eigenvalue weighted by atomic mass is 32.2. The van der Waals surface area contributed by atoms with Crippen molar-refractivity contribution in [1.29, 1.82) is 0 Å². The fourth-order valence-electron chi connectivity index (χ4n) is 4.22. The van der Waals surface area contributed by atoms with Crippen LogP contribution in [0.2, 0.25) is 0 Å². The number of aryl methyl sites for hydroxylation is 2. The van der Waals surface area contributed by atoms with E-state index in [2.05, 4.69) is 30.8 Å². The van der Waals surface area contributed by atoms with E-state index in [4.69, 9.17) is 4.74 Å². The monoisotopic (exact) mass is 420 g/mol. The van der Waals surface area contributed by atoms with Gasteiger partial charge in [0.05, 0.1) is 30.7 Å². The molecule has 0 bridgehead atoms. The molecule has 10 heteroatoms. The zero-order valence-electron chi connectivity index (χ0n) is 16.9. The molecule has 29 heavy (non-hydrogen) atoms. The molecule has 158 valence electrons. The van der Waals surface area contributed by atoms with Crippen LogP contribution in [0.5, 0.6) is 0 Å². The predicted molar refractivity (Wildman–Crippen MR) is 109 cm³/mol. The van der Waals surface area contributed by atoms with Gasteiger partial charge >= 0.3 is 0 Å². The number of anilines is 1. The van der Waals surface area contributed by atoms with Crippen molar-refractivity contribution < 1.29 is 13.2 Å². The highest BCUT2D eigenvalue weighted by molar-refractivity contribution is 7.88. The molecule has 0 amide bonds. The molecular formula is C19H28N6O3S. The van der Waals surface area contributed by atoms with E-state index in [9.17, 15) is 8.42 Å². The first-order valence-electron chi connectivity index (χ1n) is 10.0. The lowest BCUT2D eigenvalue weighted by Gasteiger charge is -2.36. The summed E-state index contributed by atoms with van der Waals surface area (Å²) in [7, 11) is -3.30. The molecule has 1 N–H and O–H groups in total. The molecule has 2 atom stereocenters. The number of ether oxygens (including phenoxy) is 1. The van der Waals surface area contributed by atoms with Gasteiger partial charge < -0.3 is 9.64 Å². The van der Waals surface area contributed by atoms with E-state index >= 15 is 0 Å². The zero-order valence-corrected chi connectivity index (χ0v) is 17.7. The molecule has 2 aromatic rings. The average molecular weight is 421 g/mol. The van der Waals surface area contributed by atoms with Crippen molar-refractivity contribution in [2.75, 3.05) is 30.9 Å². The summed E-state index contributed by atoms with van der Waals surface area (Å²) in [6.07, 6.45) is 8.18. The number of sulfonamides is 1. The first-order chi connectivity index (χ1) is 13.9. The van der Waals surface area contributed by atoms with E-state index in [-0.39, 0.29) is 18.2 Å². The molecule has 2 unspecified atom stereocenters. The molecule has 4 rings (SSSR count). The Morgan fingerprint density at radius 2 is 1.93 bits per heavy atom. The van der Waals surface area contributed by atoms with Crippen LogP contribution in [0.4, 0.5) is 5.95 Å². The molecule has 2 aliphatic rings. The fourth-order valence-corrected chi connectivity index (χ4v) is 5.05. The largest absolute Gasteiger partial charge is 0.376 e. The molecular weight excluding hydrogens is 392 g/mol. The van der Waals surface area contributed by atoms with E-state index in [1.807, 2.05) is 17.7 Å². The van der Waals surface area contributed by atoms with Crippen molar-refractivity contribution in [3.8, 4) is 0 Å². The summed E-state index contributed by atoms with van der Waals surface area (Å²) in [5.74, 6) is 0.757. The quantitative estimate of drug-likeness (QED) is 0.746. The lowest BCUT2D eigenvalue weighted by atomic mass is 9.98. The summed E-state index contributed by atoms with van der Waals surface area (Å²) >= 11 is 0. The van der Waals surface area contributed by atoms with Crippen molar-refractivity contribution in [1.82, 2.24) is 24.5 Å². The molecule has 0 spiro atoms. The number of nitrogens with zero attached hydrogens (tertiary/aromatic N) is 5. The maximum atomic E-state index is 11.8. The second-order valence-electron chi connectivity index (χ2n) is 7.89. The first kappa shape index (κ1) is 20.2. The minimum atomic E-state index is -3.30. The van der Waals surface area contributed by atoms with Gasteiger partial charge in [-0.3, -0.25) is 4.68 Å². The number of hydrogen-bond donors (Lipinski definition) is 1. The average Bonchev–Trinajstić information content (AvgIpc) is 3.07. The van der Waals surface area contributed by atoms with Crippen LogP contribution in [-0.2, 0) is 21.2 Å². The van der Waals surface area contributed by atoms with Crippen LogP contribution in [0.15, 0.2) is 24.5 Å². The Labute approximate surface area is 171 Å². The molecule has 2 aromatic heterocycles. The molecule has 4 heterocycles. The van der Waals surface area contributed by atoms with Crippen LogP contribution in [-0.4, -0.2) is 66.3 Å². The summed E-state index contributed by atoms with van der Waals surface area (Å²) in [5, 5.41) is 4.61. The van der Waals surface area contributed by atoms with Gasteiger partial charge in [-0.15, -0.1) is 0 Å². The Kier molecular flexibility index (Phi) is 5.84. The number of aromatic nitrogens is 4. The number of fused-ring (bicyclic) bond motifs is 1. The van der Waals surface area contributed by atoms with E-state index < -0.39 is 10.0 Å². The van der Waals surface area contributed by atoms with Crippen LogP contribution in [0.25, 0.3) is 0 Å². The van der Waals surface area contributed by atoms with E-state index in [1.165, 1.54) is 6.26 Å². The Hall–Kier alpha value is -2.04. The smallest absolute Gasteiger partial charge is 0.225 e. The summed E-state index contributed by atoms with van der Waals surface area (Å²) in [5.41, 5.74) is 2.08. The van der Waals surface area contributed by atoms with Crippen LogP contribution in [0, 0.1) is 6.92 Å². The zero-order chi connectivity index (χ0) is 20.4. The minimum absolute atomic E-state index is 0.135. The van der Waals surface area contributed by atoms with Gasteiger partial charge in [0.1, 0.15) is 0 Å². The number of piperidine rings is 1. The summed E-state index contributed by atoms with van der Waals surface area (Å²) in [6.45, 7) is 4.09. The molecule has 0 radical (unpaired) electrons. The first-order valence-corrected chi connectivity index (χ1v) is 11.9. The van der Waals surface area contributed by atoms with Crippen LogP contribution >= 0.6 is 0 Å². The number of hydrogen-bond acceptors (Lipinski definition) is 7. The van der Waals surface area contributed by atoms with Crippen LogP contribution in [0.3, 0.4) is 0 Å². The SMILES string of the molecule is Cc1cc2n(n1)C(COC1CCN(c3ncccn3)CC1)C(NS(C)(=O)=O)CC2. The van der Waals surface area contributed by atoms with Gasteiger partial charge in [-0.1, -0.05) is 0 Å². The van der Waals surface area contributed by atoms with E-state index in [1.54, 1.807) is 12.4 Å².